The number of aryl methyl sites for hydroxylation is 1. The first kappa shape index (κ1) is 24.2. The molecule has 4 aromatic heterocycles. The number of para-hydroxylation sites is 1. The molecule has 0 aliphatic rings. The van der Waals surface area contributed by atoms with E-state index in [1.807, 2.05) is 54.9 Å². The Hall–Kier alpha value is -4.50. The quantitative estimate of drug-likeness (QED) is 0.307. The van der Waals surface area contributed by atoms with E-state index in [1.54, 1.807) is 12.3 Å². The smallest absolute Gasteiger partial charge is 0.273 e. The number of benzene rings is 1. The molecule has 5 rings (SSSR count). The molecule has 4 heterocycles. The molecular formula is C27H25ClN6O3. The van der Waals surface area contributed by atoms with Crippen molar-refractivity contribution in [3.8, 4) is 22.9 Å². The van der Waals surface area contributed by atoms with E-state index < -0.39 is 0 Å². The molecule has 0 aliphatic heterocycles. The summed E-state index contributed by atoms with van der Waals surface area (Å²) < 4.78 is 9.53. The fourth-order valence-electron chi connectivity index (χ4n) is 4.35. The van der Waals surface area contributed by atoms with Crippen molar-refractivity contribution >= 4 is 34.0 Å². The van der Waals surface area contributed by atoms with Gasteiger partial charge in [0.2, 0.25) is 5.88 Å². The molecule has 0 bridgehead atoms. The molecule has 0 spiro atoms. The topological polar surface area (TPSA) is 134 Å². The highest BCUT2D eigenvalue weighted by atomic mass is 35.5. The number of rotatable bonds is 6. The first-order chi connectivity index (χ1) is 17.7. The molecule has 37 heavy (non-hydrogen) atoms. The largest absolute Gasteiger partial charge is 0.493 e. The zero-order valence-corrected chi connectivity index (χ0v) is 21.0. The first-order valence-corrected chi connectivity index (χ1v) is 11.9. The normalized spacial score (nSPS) is 11.2. The Balaban J connectivity index is 1.54. The average molecular weight is 517 g/mol. The predicted octanol–water partition coefficient (Wildman–Crippen LogP) is 4.26. The maximum Gasteiger partial charge on any atom is 0.273 e. The van der Waals surface area contributed by atoms with Crippen molar-refractivity contribution in [2.75, 3.05) is 11.5 Å². The van der Waals surface area contributed by atoms with Crippen LogP contribution in [0, 0.1) is 6.92 Å². The second kappa shape index (κ2) is 9.51. The van der Waals surface area contributed by atoms with E-state index in [4.69, 9.17) is 32.8 Å². The first-order valence-electron chi connectivity index (χ1n) is 11.5. The zero-order chi connectivity index (χ0) is 26.3. The summed E-state index contributed by atoms with van der Waals surface area (Å²) in [5.74, 6) is 0.959. The minimum atomic E-state index is -0.378. The fraction of sp³-hybridized carbons (Fsp3) is 0.148. The van der Waals surface area contributed by atoms with E-state index in [-0.39, 0.29) is 30.3 Å². The number of halogens is 1. The highest BCUT2D eigenvalue weighted by Gasteiger charge is 2.18. The molecule has 9 nitrogen and oxygen atoms in total. The maximum absolute atomic E-state index is 12.5. The van der Waals surface area contributed by atoms with Crippen LogP contribution in [0.15, 0.2) is 65.7 Å². The van der Waals surface area contributed by atoms with Crippen LogP contribution in [0.4, 0.5) is 11.5 Å². The molecule has 188 valence electrons. The standard InChI is InChI=1S/C27H25ClN6O3/c1-15-11-17(22-8-9-24(30)33(22)2)16-5-3-7-23(25(16)32-15)37-14-19-18(26(35)31-12-20(19)28)13-34-10-4-6-21(29)27(34)36/h3-12H,13-14,29-30H2,1-2H3,(H,31,35). The highest BCUT2D eigenvalue weighted by Crippen LogP contribution is 2.35. The lowest BCUT2D eigenvalue weighted by Crippen LogP contribution is -2.23. The van der Waals surface area contributed by atoms with Gasteiger partial charge in [-0.05, 0) is 43.3 Å². The number of nitrogens with two attached hydrogens (primary N) is 2. The molecule has 0 aliphatic carbocycles. The number of aromatic nitrogens is 4. The van der Waals surface area contributed by atoms with Gasteiger partial charge in [0.25, 0.3) is 5.56 Å². The van der Waals surface area contributed by atoms with Crippen LogP contribution in [-0.2, 0) is 20.2 Å². The minimum Gasteiger partial charge on any atom is -0.493 e. The van der Waals surface area contributed by atoms with Gasteiger partial charge in [0.1, 0.15) is 23.7 Å². The van der Waals surface area contributed by atoms with Crippen LogP contribution in [0.5, 0.6) is 11.6 Å². The van der Waals surface area contributed by atoms with E-state index in [1.165, 1.54) is 16.8 Å². The number of pyridine rings is 3. The van der Waals surface area contributed by atoms with Crippen LogP contribution >= 0.6 is 11.6 Å². The summed E-state index contributed by atoms with van der Waals surface area (Å²) in [4.78, 5) is 21.2. The third-order valence-electron chi connectivity index (χ3n) is 6.34. The SMILES string of the molecule is Cc1cc(-c2ccc(N)n2C)c2cccc(OCc3c(Cl)cnc(O)c3Cn3cccc(N)c3=O)c2n1. The molecule has 0 saturated heterocycles. The third-order valence-corrected chi connectivity index (χ3v) is 6.67. The maximum atomic E-state index is 12.5. The predicted molar refractivity (Wildman–Crippen MR) is 145 cm³/mol. The van der Waals surface area contributed by atoms with E-state index in [2.05, 4.69) is 4.98 Å². The van der Waals surface area contributed by atoms with E-state index in [0.717, 1.165) is 22.3 Å². The molecule has 5 N–H and O–H groups in total. The number of nitrogens with zero attached hydrogens (tertiary/aromatic N) is 4. The van der Waals surface area contributed by atoms with Gasteiger partial charge in [-0.25, -0.2) is 9.97 Å². The van der Waals surface area contributed by atoms with Gasteiger partial charge in [-0.15, -0.1) is 0 Å². The van der Waals surface area contributed by atoms with Crippen molar-refractivity contribution in [3.05, 3.63) is 93.1 Å². The summed E-state index contributed by atoms with van der Waals surface area (Å²) in [5.41, 5.74) is 15.9. The molecule has 0 unspecified atom stereocenters. The van der Waals surface area contributed by atoms with Gasteiger partial charge in [0, 0.05) is 47.2 Å². The van der Waals surface area contributed by atoms with Gasteiger partial charge in [0.15, 0.2) is 0 Å². The minimum absolute atomic E-state index is 0.0164. The van der Waals surface area contributed by atoms with Crippen molar-refractivity contribution in [2.24, 2.45) is 7.05 Å². The zero-order valence-electron chi connectivity index (χ0n) is 20.3. The van der Waals surface area contributed by atoms with Gasteiger partial charge < -0.3 is 30.4 Å². The summed E-state index contributed by atoms with van der Waals surface area (Å²) in [5, 5.41) is 11.7. The van der Waals surface area contributed by atoms with Gasteiger partial charge >= 0.3 is 0 Å². The number of ether oxygens (including phenoxy) is 1. The molecule has 0 saturated carbocycles. The second-order valence-electron chi connectivity index (χ2n) is 8.74. The number of anilines is 2. The summed E-state index contributed by atoms with van der Waals surface area (Å²) in [6, 6.07) is 14.7. The molecule has 0 amide bonds. The van der Waals surface area contributed by atoms with Crippen LogP contribution in [-0.4, -0.2) is 24.2 Å². The van der Waals surface area contributed by atoms with E-state index in [9.17, 15) is 9.90 Å². The van der Waals surface area contributed by atoms with E-state index in [0.29, 0.717) is 33.2 Å². The van der Waals surface area contributed by atoms with E-state index >= 15 is 0 Å². The number of nitrogen functional groups attached to an aromatic ring is 2. The summed E-state index contributed by atoms with van der Waals surface area (Å²) in [6.45, 7) is 1.96. The Bertz CT molecular complexity index is 1710. The van der Waals surface area contributed by atoms with Gasteiger partial charge in [-0.2, -0.15) is 0 Å². The van der Waals surface area contributed by atoms with Crippen LogP contribution in [0.2, 0.25) is 5.02 Å². The molecule has 0 radical (unpaired) electrons. The number of hydrogen-bond acceptors (Lipinski definition) is 7. The molecule has 0 atom stereocenters. The Morgan fingerprint density at radius 3 is 2.68 bits per heavy atom. The Kier molecular flexibility index (Phi) is 6.22. The number of aromatic hydroxyl groups is 1. The average Bonchev–Trinajstić information content (AvgIpc) is 3.21. The lowest BCUT2D eigenvalue weighted by Gasteiger charge is -2.16. The summed E-state index contributed by atoms with van der Waals surface area (Å²) >= 11 is 6.48. The molecule has 1 aromatic carbocycles. The Morgan fingerprint density at radius 1 is 1.11 bits per heavy atom. The lowest BCUT2D eigenvalue weighted by molar-refractivity contribution is 0.306. The molecular weight excluding hydrogens is 492 g/mol. The Labute approximate surface area is 217 Å². The lowest BCUT2D eigenvalue weighted by atomic mass is 10.0. The van der Waals surface area contributed by atoms with Gasteiger partial charge in [0.05, 0.1) is 22.9 Å². The van der Waals surface area contributed by atoms with Crippen LogP contribution < -0.4 is 21.8 Å². The monoisotopic (exact) mass is 516 g/mol. The molecule has 5 aromatic rings. The van der Waals surface area contributed by atoms with Crippen LogP contribution in [0.1, 0.15) is 16.8 Å². The van der Waals surface area contributed by atoms with Crippen molar-refractivity contribution in [3.63, 3.8) is 0 Å². The van der Waals surface area contributed by atoms with Crippen LogP contribution in [0.25, 0.3) is 22.2 Å². The molecule has 10 heteroatoms. The van der Waals surface area contributed by atoms with Crippen molar-refractivity contribution in [1.82, 2.24) is 19.1 Å². The van der Waals surface area contributed by atoms with Crippen molar-refractivity contribution < 1.29 is 9.84 Å². The second-order valence-corrected chi connectivity index (χ2v) is 9.15. The summed E-state index contributed by atoms with van der Waals surface area (Å²) in [7, 11) is 1.91. The van der Waals surface area contributed by atoms with Gasteiger partial charge in [-0.1, -0.05) is 23.7 Å². The van der Waals surface area contributed by atoms with Gasteiger partial charge in [-0.3, -0.25) is 4.79 Å². The van der Waals surface area contributed by atoms with Crippen molar-refractivity contribution in [1.29, 1.82) is 0 Å². The van der Waals surface area contributed by atoms with Crippen LogP contribution in [0.3, 0.4) is 0 Å². The Morgan fingerprint density at radius 2 is 1.92 bits per heavy atom. The van der Waals surface area contributed by atoms with Crippen molar-refractivity contribution in [2.45, 2.75) is 20.1 Å². The summed E-state index contributed by atoms with van der Waals surface area (Å²) in [6.07, 6.45) is 2.93. The number of fused-ring (bicyclic) bond motifs is 1. The number of hydrogen-bond donors (Lipinski definition) is 3. The molecule has 0 fully saturated rings. The third kappa shape index (κ3) is 4.45. The fourth-order valence-corrected chi connectivity index (χ4v) is 4.57. The highest BCUT2D eigenvalue weighted by molar-refractivity contribution is 6.31.